The van der Waals surface area contributed by atoms with Crippen molar-refractivity contribution < 1.29 is 9.90 Å². The maximum atomic E-state index is 10.7. The van der Waals surface area contributed by atoms with E-state index in [2.05, 4.69) is 24.9 Å². The maximum Gasteiger partial charge on any atom is 0.328 e. The van der Waals surface area contributed by atoms with E-state index >= 15 is 0 Å². The van der Waals surface area contributed by atoms with Gasteiger partial charge >= 0.3 is 5.97 Å². The van der Waals surface area contributed by atoms with E-state index in [-0.39, 0.29) is 0 Å². The molecule has 3 heteroatoms. The Kier molecular flexibility index (Phi) is 4.83. The van der Waals surface area contributed by atoms with E-state index in [4.69, 9.17) is 5.11 Å². The molecule has 1 fully saturated rings. The largest absolute Gasteiger partial charge is 0.478 e. The molecule has 1 aliphatic rings. The van der Waals surface area contributed by atoms with Crippen LogP contribution in [0, 0.1) is 5.92 Å². The number of rotatable bonds is 4. The number of carbonyl (C=O) groups is 1. The first-order valence-electron chi connectivity index (χ1n) is 7.31. The highest BCUT2D eigenvalue weighted by Gasteiger charge is 2.22. The molecular formula is C17H23NO2. The van der Waals surface area contributed by atoms with Gasteiger partial charge in [-0.25, -0.2) is 4.79 Å². The summed E-state index contributed by atoms with van der Waals surface area (Å²) in [5.41, 5.74) is 2.08. The molecule has 1 aromatic carbocycles. The number of carboxylic acid groups (broad SMARTS) is 1. The predicted molar refractivity (Wildman–Crippen MR) is 82.9 cm³/mol. The van der Waals surface area contributed by atoms with Gasteiger partial charge in [0.2, 0.25) is 0 Å². The monoisotopic (exact) mass is 273 g/mol. The van der Waals surface area contributed by atoms with Gasteiger partial charge in [0.25, 0.3) is 0 Å². The molecular weight excluding hydrogens is 250 g/mol. The van der Waals surface area contributed by atoms with Crippen LogP contribution in [0.1, 0.15) is 38.2 Å². The average molecular weight is 273 g/mol. The van der Waals surface area contributed by atoms with Crippen LogP contribution in [-0.4, -0.2) is 24.2 Å². The Morgan fingerprint density at radius 3 is 2.55 bits per heavy atom. The number of hydrogen-bond acceptors (Lipinski definition) is 2. The van der Waals surface area contributed by atoms with E-state index in [1.165, 1.54) is 31.8 Å². The van der Waals surface area contributed by atoms with Crippen LogP contribution in [0.25, 0.3) is 6.08 Å². The zero-order valence-electron chi connectivity index (χ0n) is 12.2. The van der Waals surface area contributed by atoms with Gasteiger partial charge in [0.15, 0.2) is 0 Å². The smallest absolute Gasteiger partial charge is 0.328 e. The Balaban J connectivity index is 2.17. The Morgan fingerprint density at radius 1 is 1.25 bits per heavy atom. The third kappa shape index (κ3) is 3.62. The third-order valence-corrected chi connectivity index (χ3v) is 4.26. The van der Waals surface area contributed by atoms with Gasteiger partial charge in [-0.15, -0.1) is 0 Å². The number of anilines is 1. The van der Waals surface area contributed by atoms with Gasteiger partial charge < -0.3 is 10.0 Å². The minimum Gasteiger partial charge on any atom is -0.478 e. The van der Waals surface area contributed by atoms with Crippen molar-refractivity contribution >= 4 is 17.7 Å². The number of nitrogens with zero attached hydrogens (tertiary/aromatic N) is 1. The van der Waals surface area contributed by atoms with Crippen LogP contribution in [0.2, 0.25) is 0 Å². The number of aliphatic carboxylic acids is 1. The number of para-hydroxylation sites is 1. The summed E-state index contributed by atoms with van der Waals surface area (Å²) in [5, 5.41) is 8.78. The van der Waals surface area contributed by atoms with Crippen molar-refractivity contribution in [1.82, 2.24) is 0 Å². The molecule has 0 spiro atoms. The van der Waals surface area contributed by atoms with Crippen molar-refractivity contribution in [1.29, 1.82) is 0 Å². The second-order valence-corrected chi connectivity index (χ2v) is 5.75. The Bertz CT molecular complexity index is 488. The van der Waals surface area contributed by atoms with Crippen LogP contribution >= 0.6 is 0 Å². The molecule has 0 amide bonds. The highest BCUT2D eigenvalue weighted by Crippen LogP contribution is 2.31. The third-order valence-electron chi connectivity index (χ3n) is 4.26. The van der Waals surface area contributed by atoms with Gasteiger partial charge in [-0.2, -0.15) is 0 Å². The first-order chi connectivity index (χ1) is 9.58. The van der Waals surface area contributed by atoms with Crippen LogP contribution in [0.15, 0.2) is 30.3 Å². The molecule has 2 rings (SSSR count). The first-order valence-corrected chi connectivity index (χ1v) is 7.31. The summed E-state index contributed by atoms with van der Waals surface area (Å²) >= 11 is 0. The number of benzene rings is 1. The highest BCUT2D eigenvalue weighted by atomic mass is 16.4. The molecule has 0 bridgehead atoms. The Hall–Kier alpha value is -1.77. The molecule has 1 N–H and O–H groups in total. The number of carboxylic acids is 1. The van der Waals surface area contributed by atoms with E-state index in [0.29, 0.717) is 6.04 Å². The van der Waals surface area contributed by atoms with E-state index in [1.54, 1.807) is 6.08 Å². The van der Waals surface area contributed by atoms with Gasteiger partial charge in [0.1, 0.15) is 0 Å². The zero-order valence-corrected chi connectivity index (χ0v) is 12.2. The summed E-state index contributed by atoms with van der Waals surface area (Å²) in [4.78, 5) is 13.0. The Labute approximate surface area is 120 Å². The van der Waals surface area contributed by atoms with Crippen molar-refractivity contribution in [3.63, 3.8) is 0 Å². The van der Waals surface area contributed by atoms with Gasteiger partial charge in [0.05, 0.1) is 0 Å². The summed E-state index contributed by atoms with van der Waals surface area (Å²) in [7, 11) is 2.12. The lowest BCUT2D eigenvalue weighted by atomic mass is 9.86. The molecule has 108 valence electrons. The Morgan fingerprint density at radius 2 is 1.90 bits per heavy atom. The quantitative estimate of drug-likeness (QED) is 0.848. The van der Waals surface area contributed by atoms with Crippen LogP contribution in [-0.2, 0) is 4.79 Å². The van der Waals surface area contributed by atoms with E-state index in [1.807, 2.05) is 18.2 Å². The van der Waals surface area contributed by atoms with Crippen molar-refractivity contribution in [3.8, 4) is 0 Å². The van der Waals surface area contributed by atoms with Crippen LogP contribution in [0.4, 0.5) is 5.69 Å². The fourth-order valence-electron chi connectivity index (χ4n) is 2.94. The fourth-order valence-corrected chi connectivity index (χ4v) is 2.94. The average Bonchev–Trinajstić information content (AvgIpc) is 2.45. The minimum atomic E-state index is -0.908. The molecule has 0 atom stereocenters. The zero-order chi connectivity index (χ0) is 14.5. The van der Waals surface area contributed by atoms with E-state index in [9.17, 15) is 4.79 Å². The number of hydrogen-bond donors (Lipinski definition) is 1. The summed E-state index contributed by atoms with van der Waals surface area (Å²) in [6.45, 7) is 2.32. The molecule has 1 saturated carbocycles. The SMILES string of the molecule is CC1CCC(N(C)c2ccccc2C=CC(=O)O)CC1. The van der Waals surface area contributed by atoms with E-state index < -0.39 is 5.97 Å². The van der Waals surface area contributed by atoms with Gasteiger partial charge in [0, 0.05) is 24.9 Å². The lowest BCUT2D eigenvalue weighted by molar-refractivity contribution is -0.131. The second kappa shape index (κ2) is 6.60. The van der Waals surface area contributed by atoms with Gasteiger partial charge in [-0.3, -0.25) is 0 Å². The highest BCUT2D eigenvalue weighted by molar-refractivity contribution is 5.87. The molecule has 0 heterocycles. The summed E-state index contributed by atoms with van der Waals surface area (Å²) in [6.07, 6.45) is 7.88. The lowest BCUT2D eigenvalue weighted by Crippen LogP contribution is -2.35. The topological polar surface area (TPSA) is 40.5 Å². The molecule has 0 aromatic heterocycles. The fraction of sp³-hybridized carbons (Fsp3) is 0.471. The summed E-state index contributed by atoms with van der Waals surface area (Å²) in [5.74, 6) is -0.0734. The maximum absolute atomic E-state index is 10.7. The molecule has 0 aliphatic heterocycles. The molecule has 0 saturated heterocycles. The molecule has 1 aromatic rings. The van der Waals surface area contributed by atoms with Crippen LogP contribution in [0.5, 0.6) is 0 Å². The first kappa shape index (κ1) is 14.6. The summed E-state index contributed by atoms with van der Waals surface area (Å²) < 4.78 is 0. The summed E-state index contributed by atoms with van der Waals surface area (Å²) in [6, 6.07) is 8.55. The standard InChI is InChI=1S/C17H23NO2/c1-13-7-10-15(11-8-13)18(2)16-6-4-3-5-14(16)9-12-17(19)20/h3-6,9,12-13,15H,7-8,10-11H2,1-2H3,(H,19,20). The second-order valence-electron chi connectivity index (χ2n) is 5.75. The molecule has 0 radical (unpaired) electrons. The van der Waals surface area contributed by atoms with Crippen molar-refractivity contribution in [2.75, 3.05) is 11.9 Å². The van der Waals surface area contributed by atoms with E-state index in [0.717, 1.165) is 17.2 Å². The van der Waals surface area contributed by atoms with Crippen molar-refractivity contribution in [2.24, 2.45) is 5.92 Å². The predicted octanol–water partition coefficient (Wildman–Crippen LogP) is 3.80. The van der Waals surface area contributed by atoms with Gasteiger partial charge in [-0.1, -0.05) is 25.1 Å². The minimum absolute atomic E-state index is 0.561. The van der Waals surface area contributed by atoms with Crippen molar-refractivity contribution in [2.45, 2.75) is 38.6 Å². The molecule has 0 unspecified atom stereocenters. The molecule has 20 heavy (non-hydrogen) atoms. The van der Waals surface area contributed by atoms with Crippen LogP contribution < -0.4 is 4.90 Å². The van der Waals surface area contributed by atoms with Crippen LogP contribution in [0.3, 0.4) is 0 Å². The normalized spacial score (nSPS) is 22.9. The molecule has 3 nitrogen and oxygen atoms in total. The van der Waals surface area contributed by atoms with Gasteiger partial charge in [-0.05, 0) is 49.3 Å². The lowest BCUT2D eigenvalue weighted by Gasteiger charge is -2.35. The van der Waals surface area contributed by atoms with Crippen molar-refractivity contribution in [3.05, 3.63) is 35.9 Å². The molecule has 1 aliphatic carbocycles.